The van der Waals surface area contributed by atoms with Gasteiger partial charge in [-0.1, -0.05) is 45.6 Å². The minimum atomic E-state index is -0.475. The maximum absolute atomic E-state index is 11.6. The average molecular weight is 314 g/mol. The van der Waals surface area contributed by atoms with Gasteiger partial charge in [0.1, 0.15) is 6.10 Å². The van der Waals surface area contributed by atoms with Crippen molar-refractivity contribution in [1.82, 2.24) is 0 Å². The van der Waals surface area contributed by atoms with E-state index in [4.69, 9.17) is 9.47 Å². The molecule has 0 spiro atoms. The molecule has 1 aliphatic heterocycles. The van der Waals surface area contributed by atoms with E-state index in [1.807, 2.05) is 0 Å². The van der Waals surface area contributed by atoms with Gasteiger partial charge < -0.3 is 9.47 Å². The predicted octanol–water partition coefficient (Wildman–Crippen LogP) is 3.50. The molecule has 0 amide bonds. The first kappa shape index (κ1) is 18.1. The van der Waals surface area contributed by atoms with E-state index in [-0.39, 0.29) is 18.1 Å². The number of hydrogen-bond donors (Lipinski definition) is 0. The van der Waals surface area contributed by atoms with Crippen LogP contribution >= 0.6 is 11.8 Å². The Kier molecular flexibility index (Phi) is 9.22. The lowest BCUT2D eigenvalue weighted by molar-refractivity contribution is -0.148. The molecule has 120 valence electrons. The number of ether oxygens (including phenoxy) is 2. The van der Waals surface area contributed by atoms with Gasteiger partial charge in [-0.25, -0.2) is 4.79 Å². The molecule has 1 fully saturated rings. The fourth-order valence-corrected chi connectivity index (χ4v) is 2.45. The smallest absolute Gasteiger partial charge is 0.334 e. The zero-order valence-electron chi connectivity index (χ0n) is 12.9. The molecular formula is C16H26O4S. The van der Waals surface area contributed by atoms with Gasteiger partial charge >= 0.3 is 11.9 Å². The zero-order valence-corrected chi connectivity index (χ0v) is 13.7. The molecule has 5 heteroatoms. The standard InChI is InChI=1S/C16H26O4S/c1-3-4-5-6-7-8-9-19-15(17)10-13(2)16(18)20-14-11-21-12-14/h14H,2-12H2,1H3. The van der Waals surface area contributed by atoms with Crippen LogP contribution in [0, 0.1) is 0 Å². The summed E-state index contributed by atoms with van der Waals surface area (Å²) in [6.45, 7) is 6.21. The highest BCUT2D eigenvalue weighted by Crippen LogP contribution is 2.21. The molecule has 1 aliphatic rings. The molecule has 0 aromatic carbocycles. The molecule has 4 nitrogen and oxygen atoms in total. The van der Waals surface area contributed by atoms with Crippen molar-refractivity contribution in [3.8, 4) is 0 Å². The van der Waals surface area contributed by atoms with E-state index in [0.717, 1.165) is 24.3 Å². The number of carbonyl (C=O) groups is 2. The lowest BCUT2D eigenvalue weighted by Gasteiger charge is -2.24. The Labute approximate surface area is 131 Å². The quantitative estimate of drug-likeness (QED) is 0.332. The topological polar surface area (TPSA) is 52.6 Å². The van der Waals surface area contributed by atoms with Crippen LogP contribution in [0.3, 0.4) is 0 Å². The first-order valence-corrected chi connectivity index (χ1v) is 8.91. The van der Waals surface area contributed by atoms with Crippen LogP contribution in [0.25, 0.3) is 0 Å². The summed E-state index contributed by atoms with van der Waals surface area (Å²) >= 11 is 1.73. The normalized spacial score (nSPS) is 14.3. The summed E-state index contributed by atoms with van der Waals surface area (Å²) in [6.07, 6.45) is 6.79. The molecule has 0 unspecified atom stereocenters. The van der Waals surface area contributed by atoms with Gasteiger partial charge in [-0.05, 0) is 6.42 Å². The summed E-state index contributed by atoms with van der Waals surface area (Å²) in [7, 11) is 0. The third-order valence-corrected chi connectivity index (χ3v) is 4.50. The second-order valence-electron chi connectivity index (χ2n) is 5.33. The Morgan fingerprint density at radius 1 is 1.14 bits per heavy atom. The van der Waals surface area contributed by atoms with Gasteiger partial charge in [-0.2, -0.15) is 11.8 Å². The van der Waals surface area contributed by atoms with E-state index < -0.39 is 11.9 Å². The first-order valence-electron chi connectivity index (χ1n) is 7.75. The third-order valence-electron chi connectivity index (χ3n) is 3.29. The molecular weight excluding hydrogens is 288 g/mol. The van der Waals surface area contributed by atoms with Crippen LogP contribution in [0.2, 0.25) is 0 Å². The van der Waals surface area contributed by atoms with Crippen LogP contribution in [0.15, 0.2) is 12.2 Å². The Hall–Kier alpha value is -0.970. The van der Waals surface area contributed by atoms with Crippen LogP contribution in [-0.2, 0) is 19.1 Å². The van der Waals surface area contributed by atoms with Crippen molar-refractivity contribution in [2.75, 3.05) is 18.1 Å². The Morgan fingerprint density at radius 3 is 2.43 bits per heavy atom. The number of esters is 2. The molecule has 0 N–H and O–H groups in total. The van der Waals surface area contributed by atoms with Crippen LogP contribution < -0.4 is 0 Å². The number of rotatable bonds is 11. The van der Waals surface area contributed by atoms with E-state index in [9.17, 15) is 9.59 Å². The highest BCUT2D eigenvalue weighted by Gasteiger charge is 2.24. The Balaban J connectivity index is 2.01. The van der Waals surface area contributed by atoms with E-state index in [0.29, 0.717) is 6.61 Å². The molecule has 0 aliphatic carbocycles. The third kappa shape index (κ3) is 8.15. The zero-order chi connectivity index (χ0) is 15.5. The van der Waals surface area contributed by atoms with Gasteiger partial charge in [0.25, 0.3) is 0 Å². The van der Waals surface area contributed by atoms with Crippen LogP contribution in [0.1, 0.15) is 51.9 Å². The van der Waals surface area contributed by atoms with Gasteiger partial charge in [-0.3, -0.25) is 4.79 Å². The Bertz CT molecular complexity index is 350. The van der Waals surface area contributed by atoms with Gasteiger partial charge in [-0.15, -0.1) is 0 Å². The number of unbranched alkanes of at least 4 members (excludes halogenated alkanes) is 5. The van der Waals surface area contributed by atoms with Crippen molar-refractivity contribution in [2.24, 2.45) is 0 Å². The van der Waals surface area contributed by atoms with E-state index >= 15 is 0 Å². The summed E-state index contributed by atoms with van der Waals surface area (Å²) in [5.74, 6) is 0.800. The lowest BCUT2D eigenvalue weighted by atomic mass is 10.1. The van der Waals surface area contributed by atoms with Gasteiger partial charge in [0.2, 0.25) is 0 Å². The van der Waals surface area contributed by atoms with E-state index in [1.165, 1.54) is 25.7 Å². The SMILES string of the molecule is C=C(CC(=O)OCCCCCCCC)C(=O)OC1CSC1. The largest absolute Gasteiger partial charge is 0.465 e. The molecule has 1 saturated heterocycles. The maximum atomic E-state index is 11.6. The van der Waals surface area contributed by atoms with Crippen LogP contribution in [-0.4, -0.2) is 36.2 Å². The predicted molar refractivity (Wildman–Crippen MR) is 85.3 cm³/mol. The Morgan fingerprint density at radius 2 is 1.81 bits per heavy atom. The minimum absolute atomic E-state index is 0.0154. The summed E-state index contributed by atoms with van der Waals surface area (Å²) < 4.78 is 10.3. The minimum Gasteiger partial charge on any atom is -0.465 e. The second-order valence-corrected chi connectivity index (χ2v) is 6.41. The summed E-state index contributed by atoms with van der Waals surface area (Å²) in [5.41, 5.74) is 0.180. The first-order chi connectivity index (χ1) is 10.1. The molecule has 21 heavy (non-hydrogen) atoms. The molecule has 0 bridgehead atoms. The van der Waals surface area contributed by atoms with Crippen molar-refractivity contribution in [3.63, 3.8) is 0 Å². The molecule has 0 saturated carbocycles. The molecule has 1 heterocycles. The van der Waals surface area contributed by atoms with Crippen molar-refractivity contribution in [3.05, 3.63) is 12.2 Å². The molecule has 0 radical (unpaired) electrons. The average Bonchev–Trinajstić information content (AvgIpc) is 2.41. The molecule has 1 rings (SSSR count). The van der Waals surface area contributed by atoms with Gasteiger partial charge in [0, 0.05) is 17.1 Å². The van der Waals surface area contributed by atoms with Gasteiger partial charge in [0.15, 0.2) is 0 Å². The monoisotopic (exact) mass is 314 g/mol. The van der Waals surface area contributed by atoms with Gasteiger partial charge in [0.05, 0.1) is 13.0 Å². The fraction of sp³-hybridized carbons (Fsp3) is 0.750. The second kappa shape index (κ2) is 10.7. The fourth-order valence-electron chi connectivity index (χ4n) is 1.88. The summed E-state index contributed by atoms with van der Waals surface area (Å²) in [6, 6.07) is 0. The van der Waals surface area contributed by atoms with Crippen molar-refractivity contribution in [1.29, 1.82) is 0 Å². The molecule has 0 aromatic rings. The number of hydrogen-bond acceptors (Lipinski definition) is 5. The van der Waals surface area contributed by atoms with E-state index in [1.54, 1.807) is 11.8 Å². The van der Waals surface area contributed by atoms with Crippen LogP contribution in [0.5, 0.6) is 0 Å². The molecule has 0 atom stereocenters. The number of thioether (sulfide) groups is 1. The van der Waals surface area contributed by atoms with Crippen molar-refractivity contribution in [2.45, 2.75) is 58.0 Å². The van der Waals surface area contributed by atoms with Crippen molar-refractivity contribution < 1.29 is 19.1 Å². The van der Waals surface area contributed by atoms with Crippen LogP contribution in [0.4, 0.5) is 0 Å². The summed E-state index contributed by atoms with van der Waals surface area (Å²) in [4.78, 5) is 23.2. The highest BCUT2D eigenvalue weighted by molar-refractivity contribution is 8.00. The maximum Gasteiger partial charge on any atom is 0.334 e. The lowest BCUT2D eigenvalue weighted by Crippen LogP contribution is -2.31. The summed E-state index contributed by atoms with van der Waals surface area (Å²) in [5, 5.41) is 0. The highest BCUT2D eigenvalue weighted by atomic mass is 32.2. The van der Waals surface area contributed by atoms with Crippen molar-refractivity contribution >= 4 is 23.7 Å². The van der Waals surface area contributed by atoms with E-state index in [2.05, 4.69) is 13.5 Å². The number of carbonyl (C=O) groups excluding carboxylic acids is 2. The molecule has 0 aromatic heterocycles.